The Bertz CT molecular complexity index is 1280. The lowest BCUT2D eigenvalue weighted by molar-refractivity contribution is -0.117. The molecule has 0 bridgehead atoms. The van der Waals surface area contributed by atoms with Gasteiger partial charge in [-0.05, 0) is 55.0 Å². The summed E-state index contributed by atoms with van der Waals surface area (Å²) in [5, 5.41) is 2.74. The minimum Gasteiger partial charge on any atom is -0.497 e. The number of benzene rings is 3. The van der Waals surface area contributed by atoms with Crippen LogP contribution in [0.5, 0.6) is 5.75 Å². The first kappa shape index (κ1) is 23.3. The summed E-state index contributed by atoms with van der Waals surface area (Å²) in [4.78, 5) is 26.6. The number of hydrogen-bond donors (Lipinski definition) is 1. The number of hydrogen-bond acceptors (Lipinski definition) is 5. The molecule has 0 saturated carbocycles. The van der Waals surface area contributed by atoms with Gasteiger partial charge in [0.15, 0.2) is 0 Å². The quantitative estimate of drug-likeness (QED) is 0.532. The van der Waals surface area contributed by atoms with E-state index in [-0.39, 0.29) is 10.8 Å². The van der Waals surface area contributed by atoms with Gasteiger partial charge in [-0.25, -0.2) is 8.42 Å². The van der Waals surface area contributed by atoms with Crippen molar-refractivity contribution in [3.8, 4) is 5.75 Å². The highest BCUT2D eigenvalue weighted by molar-refractivity contribution is 7.92. The lowest BCUT2D eigenvalue weighted by atomic mass is 10.2. The molecule has 0 aliphatic carbocycles. The van der Waals surface area contributed by atoms with Crippen LogP contribution in [-0.2, 0) is 19.6 Å². The Hall–Kier alpha value is -3.85. The van der Waals surface area contributed by atoms with Crippen LogP contribution in [0, 0.1) is 0 Å². The lowest BCUT2D eigenvalue weighted by Crippen LogP contribution is -2.38. The van der Waals surface area contributed by atoms with Crippen LogP contribution in [0.3, 0.4) is 0 Å². The number of ether oxygens (including phenoxy) is 1. The molecule has 0 spiro atoms. The summed E-state index contributed by atoms with van der Waals surface area (Å²) >= 11 is 0. The van der Waals surface area contributed by atoms with Crippen molar-refractivity contribution in [2.24, 2.45) is 0 Å². The normalized spacial score (nSPS) is 13.6. The van der Waals surface area contributed by atoms with Crippen molar-refractivity contribution in [3.63, 3.8) is 0 Å². The summed E-state index contributed by atoms with van der Waals surface area (Å²) in [6.45, 7) is 0.244. The summed E-state index contributed by atoms with van der Waals surface area (Å²) in [5.74, 6) is 0.0439. The van der Waals surface area contributed by atoms with E-state index in [1.54, 1.807) is 71.6 Å². The molecule has 1 fully saturated rings. The number of nitrogens with one attached hydrogen (secondary N) is 1. The van der Waals surface area contributed by atoms with Gasteiger partial charge >= 0.3 is 0 Å². The second-order valence-corrected chi connectivity index (χ2v) is 9.63. The number of anilines is 3. The topological polar surface area (TPSA) is 96.0 Å². The first-order valence-electron chi connectivity index (χ1n) is 10.8. The Morgan fingerprint density at radius 1 is 1.03 bits per heavy atom. The number of carbonyl (C=O) groups is 2. The van der Waals surface area contributed by atoms with Crippen LogP contribution in [0.4, 0.5) is 17.1 Å². The zero-order valence-electron chi connectivity index (χ0n) is 18.7. The molecule has 3 aromatic carbocycles. The molecule has 9 heteroatoms. The molecule has 34 heavy (non-hydrogen) atoms. The van der Waals surface area contributed by atoms with Gasteiger partial charge in [0.2, 0.25) is 11.8 Å². The van der Waals surface area contributed by atoms with Crippen molar-refractivity contribution in [1.29, 1.82) is 0 Å². The van der Waals surface area contributed by atoms with Crippen molar-refractivity contribution < 1.29 is 22.7 Å². The highest BCUT2D eigenvalue weighted by Crippen LogP contribution is 2.27. The van der Waals surface area contributed by atoms with Crippen molar-refractivity contribution in [2.75, 3.05) is 34.7 Å². The molecule has 176 valence electrons. The molecule has 8 nitrogen and oxygen atoms in total. The Morgan fingerprint density at radius 2 is 1.76 bits per heavy atom. The van der Waals surface area contributed by atoms with Gasteiger partial charge in [0.1, 0.15) is 12.3 Å². The summed E-state index contributed by atoms with van der Waals surface area (Å²) in [7, 11) is -2.53. The van der Waals surface area contributed by atoms with Gasteiger partial charge in [0.25, 0.3) is 10.0 Å². The van der Waals surface area contributed by atoms with Crippen molar-refractivity contribution in [3.05, 3.63) is 78.9 Å². The van der Waals surface area contributed by atoms with Gasteiger partial charge in [-0.3, -0.25) is 13.9 Å². The van der Waals surface area contributed by atoms with E-state index in [1.807, 2.05) is 0 Å². The van der Waals surface area contributed by atoms with Crippen molar-refractivity contribution >= 4 is 38.9 Å². The van der Waals surface area contributed by atoms with Crippen LogP contribution in [0.1, 0.15) is 12.8 Å². The van der Waals surface area contributed by atoms with Crippen molar-refractivity contribution in [2.45, 2.75) is 17.7 Å². The first-order valence-corrected chi connectivity index (χ1v) is 12.2. The third-order valence-corrected chi connectivity index (χ3v) is 7.28. The highest BCUT2D eigenvalue weighted by atomic mass is 32.2. The molecule has 1 aliphatic heterocycles. The van der Waals surface area contributed by atoms with E-state index in [0.717, 1.165) is 16.4 Å². The first-order chi connectivity index (χ1) is 16.4. The fraction of sp³-hybridized carbons (Fsp3) is 0.200. The highest BCUT2D eigenvalue weighted by Gasteiger charge is 2.27. The second-order valence-electron chi connectivity index (χ2n) is 7.77. The molecular formula is C25H25N3O5S. The molecule has 0 aromatic heterocycles. The number of methoxy groups -OCH3 is 1. The van der Waals surface area contributed by atoms with E-state index in [9.17, 15) is 18.0 Å². The zero-order valence-corrected chi connectivity index (χ0v) is 19.5. The van der Waals surface area contributed by atoms with Crippen LogP contribution < -0.4 is 19.3 Å². The third-order valence-electron chi connectivity index (χ3n) is 5.50. The zero-order chi connectivity index (χ0) is 24.1. The van der Waals surface area contributed by atoms with Crippen LogP contribution in [0.2, 0.25) is 0 Å². The molecule has 4 rings (SSSR count). The van der Waals surface area contributed by atoms with Crippen LogP contribution in [0.25, 0.3) is 0 Å². The van der Waals surface area contributed by atoms with Gasteiger partial charge in [-0.15, -0.1) is 0 Å². The van der Waals surface area contributed by atoms with Gasteiger partial charge in [-0.1, -0.05) is 24.3 Å². The lowest BCUT2D eigenvalue weighted by Gasteiger charge is -2.24. The molecule has 3 aromatic rings. The standard InChI is InChI=1S/C25H25N3O5S/c1-33-22-8-5-7-21(17-22)28(34(31,32)23-9-3-2-4-10-23)18-24(29)26-19-12-14-20(15-13-19)27-16-6-11-25(27)30/h2-5,7-10,12-15,17H,6,11,16,18H2,1H3,(H,26,29). The summed E-state index contributed by atoms with van der Waals surface area (Å²) in [5.41, 5.74) is 1.58. The molecule has 1 aliphatic rings. The largest absolute Gasteiger partial charge is 0.497 e. The average Bonchev–Trinajstić information content (AvgIpc) is 3.29. The van der Waals surface area contributed by atoms with E-state index in [4.69, 9.17) is 4.74 Å². The minimum absolute atomic E-state index is 0.0743. The summed E-state index contributed by atoms with van der Waals surface area (Å²) < 4.78 is 33.1. The number of nitrogens with zero attached hydrogens (tertiary/aromatic N) is 2. The number of carbonyl (C=O) groups excluding carboxylic acids is 2. The maximum atomic E-state index is 13.4. The van der Waals surface area contributed by atoms with Crippen LogP contribution in [0.15, 0.2) is 83.8 Å². The third kappa shape index (κ3) is 5.04. The SMILES string of the molecule is COc1cccc(N(CC(=O)Nc2ccc(N3CCCC3=O)cc2)S(=O)(=O)c2ccccc2)c1. The predicted molar refractivity (Wildman–Crippen MR) is 131 cm³/mol. The monoisotopic (exact) mass is 479 g/mol. The Labute approximate surface area is 198 Å². The molecule has 0 radical (unpaired) electrons. The molecular weight excluding hydrogens is 454 g/mol. The Morgan fingerprint density at radius 3 is 2.41 bits per heavy atom. The van der Waals surface area contributed by atoms with E-state index in [2.05, 4.69) is 5.32 Å². The van der Waals surface area contributed by atoms with Gasteiger partial charge in [-0.2, -0.15) is 0 Å². The molecule has 0 atom stereocenters. The van der Waals surface area contributed by atoms with E-state index in [1.165, 1.54) is 19.2 Å². The minimum atomic E-state index is -4.02. The van der Waals surface area contributed by atoms with Gasteiger partial charge in [0, 0.05) is 30.4 Å². The fourth-order valence-corrected chi connectivity index (χ4v) is 5.21. The maximum absolute atomic E-state index is 13.4. The Kier molecular flexibility index (Phi) is 6.83. The number of sulfonamides is 1. The van der Waals surface area contributed by atoms with Gasteiger partial charge < -0.3 is 15.0 Å². The maximum Gasteiger partial charge on any atom is 0.264 e. The van der Waals surface area contributed by atoms with E-state index < -0.39 is 22.5 Å². The van der Waals surface area contributed by atoms with Gasteiger partial charge in [0.05, 0.1) is 17.7 Å². The summed E-state index contributed by atoms with van der Waals surface area (Å²) in [6, 6.07) is 21.4. The smallest absolute Gasteiger partial charge is 0.264 e. The molecule has 1 saturated heterocycles. The number of rotatable bonds is 8. The molecule has 0 unspecified atom stereocenters. The molecule has 2 amide bonds. The van der Waals surface area contributed by atoms with Crippen LogP contribution in [-0.4, -0.2) is 40.4 Å². The van der Waals surface area contributed by atoms with Crippen molar-refractivity contribution in [1.82, 2.24) is 0 Å². The fourth-order valence-electron chi connectivity index (χ4n) is 3.78. The Balaban J connectivity index is 1.56. The number of amides is 2. The summed E-state index contributed by atoms with van der Waals surface area (Å²) in [6.07, 6.45) is 1.36. The van der Waals surface area contributed by atoms with E-state index in [0.29, 0.717) is 30.1 Å². The predicted octanol–water partition coefficient (Wildman–Crippen LogP) is 3.66. The van der Waals surface area contributed by atoms with E-state index >= 15 is 0 Å². The van der Waals surface area contributed by atoms with Crippen LogP contribution >= 0.6 is 0 Å². The average molecular weight is 480 g/mol. The second kappa shape index (κ2) is 9.96. The molecule has 1 heterocycles. The molecule has 1 N–H and O–H groups in total.